The van der Waals surface area contributed by atoms with Crippen LogP contribution in [0.1, 0.15) is 35.7 Å². The molecule has 0 bridgehead atoms. The molecule has 1 aromatic carbocycles. The summed E-state index contributed by atoms with van der Waals surface area (Å²) in [5.41, 5.74) is 5.53. The first-order valence-electron chi connectivity index (χ1n) is 11.6. The third kappa shape index (κ3) is 3.86. The van der Waals surface area contributed by atoms with E-state index >= 15 is 0 Å². The molecule has 176 valence electrons. The zero-order valence-corrected chi connectivity index (χ0v) is 19.8. The summed E-state index contributed by atoms with van der Waals surface area (Å²) >= 11 is 0. The molecular weight excluding hydrogens is 442 g/mol. The highest BCUT2D eigenvalue weighted by molar-refractivity contribution is 5.77. The van der Waals surface area contributed by atoms with Crippen LogP contribution in [0.5, 0.6) is 5.88 Å². The molecule has 1 aliphatic carbocycles. The van der Waals surface area contributed by atoms with Crippen molar-refractivity contribution in [2.75, 3.05) is 19.5 Å². The van der Waals surface area contributed by atoms with Crippen LogP contribution < -0.4 is 10.1 Å². The molecule has 1 aliphatic rings. The van der Waals surface area contributed by atoms with Crippen LogP contribution in [0.4, 0.5) is 5.82 Å². The fourth-order valence-corrected chi connectivity index (χ4v) is 4.31. The van der Waals surface area contributed by atoms with Gasteiger partial charge in [-0.3, -0.25) is 0 Å². The lowest BCUT2D eigenvalue weighted by molar-refractivity contribution is 0.397. The number of rotatable bonds is 7. The average Bonchev–Trinajstić information content (AvgIpc) is 3.57. The van der Waals surface area contributed by atoms with E-state index in [4.69, 9.17) is 9.72 Å². The smallest absolute Gasteiger partial charge is 0.227 e. The molecule has 1 N–H and O–H groups in total. The van der Waals surface area contributed by atoms with Crippen molar-refractivity contribution in [1.29, 1.82) is 0 Å². The summed E-state index contributed by atoms with van der Waals surface area (Å²) in [6, 6.07) is 10.3. The van der Waals surface area contributed by atoms with E-state index in [0.717, 1.165) is 57.9 Å². The zero-order chi connectivity index (χ0) is 23.9. The van der Waals surface area contributed by atoms with Crippen LogP contribution in [0.15, 0.2) is 49.1 Å². The molecule has 10 nitrogen and oxygen atoms in total. The van der Waals surface area contributed by atoms with E-state index < -0.39 is 0 Å². The normalized spacial score (nSPS) is 13.3. The minimum Gasteiger partial charge on any atom is -0.480 e. The predicted octanol–water partition coefficient (Wildman–Crippen LogP) is 3.75. The van der Waals surface area contributed by atoms with Crippen molar-refractivity contribution < 1.29 is 4.74 Å². The Kier molecular flexibility index (Phi) is 5.13. The van der Waals surface area contributed by atoms with Crippen molar-refractivity contribution in [1.82, 2.24) is 39.5 Å². The van der Waals surface area contributed by atoms with Crippen LogP contribution >= 0.6 is 0 Å². The van der Waals surface area contributed by atoms with Gasteiger partial charge in [0.25, 0.3) is 0 Å². The predicted molar refractivity (Wildman–Crippen MR) is 132 cm³/mol. The number of methoxy groups -OCH3 is 1. The number of anilines is 1. The van der Waals surface area contributed by atoms with Gasteiger partial charge in [0.1, 0.15) is 17.7 Å². The van der Waals surface area contributed by atoms with Gasteiger partial charge in [0, 0.05) is 25.2 Å². The van der Waals surface area contributed by atoms with Crippen LogP contribution in [-0.4, -0.2) is 53.7 Å². The van der Waals surface area contributed by atoms with Crippen LogP contribution in [0.25, 0.3) is 28.1 Å². The van der Waals surface area contributed by atoms with Crippen molar-refractivity contribution in [3.8, 4) is 23.0 Å². The van der Waals surface area contributed by atoms with Gasteiger partial charge in [-0.05, 0) is 37.5 Å². The first kappa shape index (κ1) is 21.2. The number of fused-ring (bicyclic) bond motifs is 1. The van der Waals surface area contributed by atoms with Crippen molar-refractivity contribution >= 4 is 16.9 Å². The second-order valence-electron chi connectivity index (χ2n) is 8.69. The summed E-state index contributed by atoms with van der Waals surface area (Å²) < 4.78 is 9.32. The minimum atomic E-state index is 0.409. The molecule has 0 aliphatic heterocycles. The molecule has 0 saturated heterocycles. The van der Waals surface area contributed by atoms with Gasteiger partial charge in [-0.2, -0.15) is 10.2 Å². The molecule has 0 atom stereocenters. The number of ether oxygens (including phenoxy) is 1. The summed E-state index contributed by atoms with van der Waals surface area (Å²) in [4.78, 5) is 18.3. The van der Waals surface area contributed by atoms with Crippen molar-refractivity contribution in [3.63, 3.8) is 0 Å². The van der Waals surface area contributed by atoms with Gasteiger partial charge >= 0.3 is 0 Å². The molecule has 0 spiro atoms. The maximum atomic E-state index is 5.54. The van der Waals surface area contributed by atoms with Crippen LogP contribution in [-0.2, 0) is 6.54 Å². The fourth-order valence-electron chi connectivity index (χ4n) is 4.31. The minimum absolute atomic E-state index is 0.409. The molecule has 6 rings (SSSR count). The third-order valence-corrected chi connectivity index (χ3v) is 6.20. The molecule has 35 heavy (non-hydrogen) atoms. The van der Waals surface area contributed by atoms with E-state index in [1.165, 1.54) is 0 Å². The lowest BCUT2D eigenvalue weighted by atomic mass is 10.1. The van der Waals surface area contributed by atoms with Crippen molar-refractivity contribution in [2.24, 2.45) is 0 Å². The Hall–Kier alpha value is -4.34. The Morgan fingerprint density at radius 1 is 1.09 bits per heavy atom. The molecule has 0 amide bonds. The zero-order valence-electron chi connectivity index (χ0n) is 19.8. The van der Waals surface area contributed by atoms with E-state index in [9.17, 15) is 0 Å². The van der Waals surface area contributed by atoms with Gasteiger partial charge in [-0.25, -0.2) is 29.3 Å². The van der Waals surface area contributed by atoms with Crippen LogP contribution in [0, 0.1) is 6.92 Å². The van der Waals surface area contributed by atoms with E-state index in [1.54, 1.807) is 25.8 Å². The van der Waals surface area contributed by atoms with E-state index in [-0.39, 0.29) is 0 Å². The quantitative estimate of drug-likeness (QED) is 0.385. The first-order chi connectivity index (χ1) is 17.1. The molecular formula is C25H25N9O. The molecule has 5 aromatic rings. The fraction of sp³-hybridized carbons (Fsp3) is 0.280. The highest BCUT2D eigenvalue weighted by Crippen LogP contribution is 2.44. The largest absolute Gasteiger partial charge is 0.480 e. The summed E-state index contributed by atoms with van der Waals surface area (Å²) in [5, 5.41) is 13.2. The molecule has 10 heteroatoms. The number of aryl methyl sites for hydroxylation is 1. The van der Waals surface area contributed by atoms with Crippen LogP contribution in [0.3, 0.4) is 0 Å². The Labute approximate surface area is 202 Å². The Morgan fingerprint density at radius 2 is 1.91 bits per heavy atom. The molecule has 0 radical (unpaired) electrons. The highest BCUT2D eigenvalue weighted by atomic mass is 16.5. The van der Waals surface area contributed by atoms with E-state index in [0.29, 0.717) is 24.2 Å². The van der Waals surface area contributed by atoms with Crippen molar-refractivity contribution in [2.45, 2.75) is 32.2 Å². The van der Waals surface area contributed by atoms with Gasteiger partial charge in [0.15, 0.2) is 11.5 Å². The lowest BCUT2D eigenvalue weighted by Crippen LogP contribution is -2.06. The Morgan fingerprint density at radius 3 is 2.66 bits per heavy atom. The SMILES string of the molecule is CNc1cc(C)nn1-c1ccc(Cn2ncc3cnc(-c4c(OC)ncnc4C4CC4)nc32)cc1. The number of benzene rings is 1. The molecule has 4 aromatic heterocycles. The second-order valence-corrected chi connectivity index (χ2v) is 8.69. The number of hydrogen-bond acceptors (Lipinski definition) is 8. The number of hydrogen-bond donors (Lipinski definition) is 1. The van der Waals surface area contributed by atoms with Gasteiger partial charge in [-0.15, -0.1) is 0 Å². The summed E-state index contributed by atoms with van der Waals surface area (Å²) in [6.45, 7) is 2.56. The van der Waals surface area contributed by atoms with Crippen molar-refractivity contribution in [3.05, 3.63) is 66.0 Å². The number of nitrogens with one attached hydrogen (secondary N) is 1. The monoisotopic (exact) mass is 467 g/mol. The number of aromatic nitrogens is 8. The molecule has 1 saturated carbocycles. The lowest BCUT2D eigenvalue weighted by Gasteiger charge is -2.11. The maximum absolute atomic E-state index is 5.54. The van der Waals surface area contributed by atoms with E-state index in [2.05, 4.69) is 54.7 Å². The van der Waals surface area contributed by atoms with Gasteiger partial charge < -0.3 is 10.1 Å². The summed E-state index contributed by atoms with van der Waals surface area (Å²) in [5.74, 6) is 2.41. The summed E-state index contributed by atoms with van der Waals surface area (Å²) in [6.07, 6.45) is 7.35. The van der Waals surface area contributed by atoms with Gasteiger partial charge in [0.05, 0.1) is 42.3 Å². The Balaban J connectivity index is 1.33. The van der Waals surface area contributed by atoms with Crippen LogP contribution in [0.2, 0.25) is 0 Å². The topological polar surface area (TPSA) is 108 Å². The Bertz CT molecular complexity index is 1520. The molecule has 0 unspecified atom stereocenters. The third-order valence-electron chi connectivity index (χ3n) is 6.20. The average molecular weight is 468 g/mol. The molecule has 1 fully saturated rings. The highest BCUT2D eigenvalue weighted by Gasteiger charge is 2.31. The van der Waals surface area contributed by atoms with Gasteiger partial charge in [-0.1, -0.05) is 12.1 Å². The summed E-state index contributed by atoms with van der Waals surface area (Å²) in [7, 11) is 3.50. The number of nitrogens with zero attached hydrogens (tertiary/aromatic N) is 8. The first-order valence-corrected chi connectivity index (χ1v) is 11.6. The maximum Gasteiger partial charge on any atom is 0.227 e. The standard InChI is InChI=1S/C25H25N9O/c1-15-10-20(26-2)34(32-15)19-8-4-16(5-9-19)13-33-24-18(12-30-33)11-27-23(31-24)21-22(17-6-7-17)28-14-29-25(21)35-3/h4-5,8-12,14,17,26H,6-7,13H2,1-3H3. The van der Waals surface area contributed by atoms with E-state index in [1.807, 2.05) is 29.4 Å². The second kappa shape index (κ2) is 8.46. The van der Waals surface area contributed by atoms with Gasteiger partial charge in [0.2, 0.25) is 5.88 Å². The molecule has 4 heterocycles.